The fourth-order valence-electron chi connectivity index (χ4n) is 3.19. The Morgan fingerprint density at radius 1 is 1.00 bits per heavy atom. The molecule has 0 atom stereocenters. The van der Waals surface area contributed by atoms with Crippen molar-refractivity contribution in [2.45, 2.75) is 11.3 Å². The van der Waals surface area contributed by atoms with E-state index in [4.69, 9.17) is 26.2 Å². The second-order valence-corrected chi connectivity index (χ2v) is 9.95. The first kappa shape index (κ1) is 29.4. The van der Waals surface area contributed by atoms with Crippen LogP contribution < -0.4 is 24.8 Å². The van der Waals surface area contributed by atoms with Gasteiger partial charge in [0.15, 0.2) is 0 Å². The predicted molar refractivity (Wildman–Crippen MR) is 140 cm³/mol. The molecule has 2 aromatic carbocycles. The summed E-state index contributed by atoms with van der Waals surface area (Å²) in [5.74, 6) is -0.998. The van der Waals surface area contributed by atoms with Gasteiger partial charge in [-0.25, -0.2) is 22.9 Å². The monoisotopic (exact) mass is 576 g/mol. The molecule has 39 heavy (non-hydrogen) atoms. The van der Waals surface area contributed by atoms with Crippen LogP contribution in [0.15, 0.2) is 65.7 Å². The summed E-state index contributed by atoms with van der Waals surface area (Å²) in [6, 6.07) is 13.1. The van der Waals surface area contributed by atoms with E-state index >= 15 is 0 Å². The molecule has 1 heterocycles. The molecule has 0 saturated carbocycles. The lowest BCUT2D eigenvalue weighted by Gasteiger charge is -2.10. The van der Waals surface area contributed by atoms with Crippen LogP contribution in [-0.2, 0) is 16.4 Å². The van der Waals surface area contributed by atoms with E-state index in [1.54, 1.807) is 18.2 Å². The van der Waals surface area contributed by atoms with Gasteiger partial charge in [-0.05, 0) is 48.4 Å². The van der Waals surface area contributed by atoms with Gasteiger partial charge in [0.25, 0.3) is 21.8 Å². The van der Waals surface area contributed by atoms with E-state index in [9.17, 15) is 22.8 Å². The molecule has 14 heteroatoms. The van der Waals surface area contributed by atoms with Crippen LogP contribution in [0.4, 0.5) is 4.79 Å². The van der Waals surface area contributed by atoms with E-state index in [0.717, 1.165) is 6.20 Å². The van der Waals surface area contributed by atoms with E-state index < -0.39 is 27.9 Å². The minimum absolute atomic E-state index is 0.00871. The largest absolute Gasteiger partial charge is 0.497 e. The van der Waals surface area contributed by atoms with E-state index in [1.165, 1.54) is 43.5 Å². The number of ether oxygens (including phenoxy) is 2. The van der Waals surface area contributed by atoms with Gasteiger partial charge in [0.1, 0.15) is 5.75 Å². The van der Waals surface area contributed by atoms with Crippen molar-refractivity contribution in [2.75, 3.05) is 26.8 Å². The lowest BCUT2D eigenvalue weighted by Crippen LogP contribution is -2.31. The van der Waals surface area contributed by atoms with Gasteiger partial charge in [0.2, 0.25) is 5.88 Å². The Labute approximate surface area is 229 Å². The van der Waals surface area contributed by atoms with Crippen molar-refractivity contribution in [3.63, 3.8) is 0 Å². The number of aliphatic hydroxyl groups excluding tert-OH is 1. The second-order valence-electron chi connectivity index (χ2n) is 7.86. The molecule has 0 fully saturated rings. The van der Waals surface area contributed by atoms with Crippen LogP contribution in [0, 0.1) is 0 Å². The van der Waals surface area contributed by atoms with E-state index in [2.05, 4.69) is 15.6 Å². The van der Waals surface area contributed by atoms with Crippen molar-refractivity contribution < 1.29 is 37.4 Å². The van der Waals surface area contributed by atoms with Crippen molar-refractivity contribution in [1.29, 1.82) is 0 Å². The average Bonchev–Trinajstić information content (AvgIpc) is 2.92. The Bertz CT molecular complexity index is 1450. The first-order valence-electron chi connectivity index (χ1n) is 11.4. The molecule has 12 nitrogen and oxygen atoms in total. The summed E-state index contributed by atoms with van der Waals surface area (Å²) in [7, 11) is -2.76. The third-order valence-electron chi connectivity index (χ3n) is 5.13. The standard InChI is InChI=1S/C25H25ClN4O8S/c1-37-18-6-7-21(26)20(14-18)24(33)27-10-9-16-3-2-4-19(13-16)39(35,36)30-23(32)17-5-8-22(29-15-17)38-25(34)28-11-12-31/h2-8,13-15,31H,9-12H2,1H3,(H,27,33)(H,28,34)(H,30,32). The highest BCUT2D eigenvalue weighted by Gasteiger charge is 2.20. The summed E-state index contributed by atoms with van der Waals surface area (Å²) in [4.78, 5) is 40.1. The first-order chi connectivity index (χ1) is 18.6. The molecule has 0 aliphatic heterocycles. The van der Waals surface area contributed by atoms with Crippen molar-refractivity contribution in [1.82, 2.24) is 20.3 Å². The van der Waals surface area contributed by atoms with Gasteiger partial charge in [-0.1, -0.05) is 23.7 Å². The number of rotatable bonds is 11. The highest BCUT2D eigenvalue weighted by atomic mass is 35.5. The molecule has 0 unspecified atom stereocenters. The molecule has 0 radical (unpaired) electrons. The number of nitrogens with one attached hydrogen (secondary N) is 3. The number of halogens is 1. The Morgan fingerprint density at radius 3 is 2.49 bits per heavy atom. The average molecular weight is 577 g/mol. The summed E-state index contributed by atoms with van der Waals surface area (Å²) in [5.41, 5.74) is 0.760. The summed E-state index contributed by atoms with van der Waals surface area (Å²) in [5, 5.41) is 13.9. The number of benzene rings is 2. The maximum absolute atomic E-state index is 12.8. The molecule has 206 valence electrons. The number of pyridine rings is 1. The van der Waals surface area contributed by atoms with Gasteiger partial charge in [-0.15, -0.1) is 0 Å². The van der Waals surface area contributed by atoms with Crippen molar-refractivity contribution in [3.8, 4) is 11.6 Å². The summed E-state index contributed by atoms with van der Waals surface area (Å²) in [6.45, 7) is -0.0826. The molecule has 0 spiro atoms. The van der Waals surface area contributed by atoms with E-state index in [-0.39, 0.29) is 46.6 Å². The first-order valence-corrected chi connectivity index (χ1v) is 13.3. The Balaban J connectivity index is 1.59. The Kier molecular flexibility index (Phi) is 10.2. The summed E-state index contributed by atoms with van der Waals surface area (Å²) < 4.78 is 37.5. The fraction of sp³-hybridized carbons (Fsp3) is 0.200. The van der Waals surface area contributed by atoms with Crippen molar-refractivity contribution >= 4 is 39.5 Å². The lowest BCUT2D eigenvalue weighted by atomic mass is 10.1. The van der Waals surface area contributed by atoms with Crippen molar-refractivity contribution in [3.05, 3.63) is 82.5 Å². The highest BCUT2D eigenvalue weighted by molar-refractivity contribution is 7.90. The summed E-state index contributed by atoms with van der Waals surface area (Å²) in [6.07, 6.45) is 0.509. The maximum atomic E-state index is 12.8. The Morgan fingerprint density at radius 2 is 1.79 bits per heavy atom. The van der Waals surface area contributed by atoms with Gasteiger partial charge >= 0.3 is 6.09 Å². The van der Waals surface area contributed by atoms with Crippen LogP contribution in [0.25, 0.3) is 0 Å². The highest BCUT2D eigenvalue weighted by Crippen LogP contribution is 2.22. The van der Waals surface area contributed by atoms with Gasteiger partial charge in [-0.3, -0.25) is 9.59 Å². The third-order valence-corrected chi connectivity index (χ3v) is 6.79. The van der Waals surface area contributed by atoms with E-state index in [1.807, 2.05) is 4.72 Å². The number of amides is 3. The minimum atomic E-state index is -4.23. The quantitative estimate of drug-likeness (QED) is 0.266. The summed E-state index contributed by atoms with van der Waals surface area (Å²) >= 11 is 6.09. The number of hydrogen-bond donors (Lipinski definition) is 4. The number of sulfonamides is 1. The lowest BCUT2D eigenvalue weighted by molar-refractivity contribution is 0.0951. The van der Waals surface area contributed by atoms with Crippen LogP contribution in [0.1, 0.15) is 26.3 Å². The number of carbonyl (C=O) groups excluding carboxylic acids is 3. The molecular weight excluding hydrogens is 552 g/mol. The van der Waals surface area contributed by atoms with Gasteiger partial charge in [0.05, 0.1) is 34.8 Å². The molecule has 0 aliphatic rings. The number of aliphatic hydroxyl groups is 1. The smallest absolute Gasteiger partial charge is 0.414 e. The minimum Gasteiger partial charge on any atom is -0.497 e. The number of aromatic nitrogens is 1. The maximum Gasteiger partial charge on any atom is 0.414 e. The van der Waals surface area contributed by atoms with E-state index in [0.29, 0.717) is 17.7 Å². The van der Waals surface area contributed by atoms with Crippen LogP contribution >= 0.6 is 11.6 Å². The van der Waals surface area contributed by atoms with Crippen LogP contribution in [0.3, 0.4) is 0 Å². The van der Waals surface area contributed by atoms with Gasteiger partial charge in [-0.2, -0.15) is 0 Å². The van der Waals surface area contributed by atoms with Gasteiger partial charge < -0.3 is 25.2 Å². The fourth-order valence-corrected chi connectivity index (χ4v) is 4.44. The number of methoxy groups -OCH3 is 1. The van der Waals surface area contributed by atoms with Gasteiger partial charge in [0, 0.05) is 25.4 Å². The number of carbonyl (C=O) groups is 3. The molecule has 3 rings (SSSR count). The zero-order chi connectivity index (χ0) is 28.4. The number of nitrogens with zero attached hydrogens (tertiary/aromatic N) is 1. The molecule has 1 aromatic heterocycles. The van der Waals surface area contributed by atoms with Crippen LogP contribution in [-0.4, -0.2) is 63.2 Å². The number of hydrogen-bond acceptors (Lipinski definition) is 9. The molecule has 0 aliphatic carbocycles. The normalized spacial score (nSPS) is 10.8. The van der Waals surface area contributed by atoms with Crippen molar-refractivity contribution in [2.24, 2.45) is 0 Å². The van der Waals surface area contributed by atoms with Crippen LogP contribution in [0.5, 0.6) is 11.6 Å². The van der Waals surface area contributed by atoms with Crippen LogP contribution in [0.2, 0.25) is 5.02 Å². The SMILES string of the molecule is COc1ccc(Cl)c(C(=O)NCCc2cccc(S(=O)(=O)NC(=O)c3ccc(OC(=O)NCCO)nc3)c2)c1. The predicted octanol–water partition coefficient (Wildman–Crippen LogP) is 1.92. The third kappa shape index (κ3) is 8.40. The molecule has 4 N–H and O–H groups in total. The molecule has 3 amide bonds. The topological polar surface area (TPSA) is 173 Å². The Hall–Kier alpha value is -4.20. The zero-order valence-electron chi connectivity index (χ0n) is 20.6. The molecule has 0 bridgehead atoms. The molecule has 3 aromatic rings. The second kappa shape index (κ2) is 13.6. The molecular formula is C25H25ClN4O8S. The molecule has 0 saturated heterocycles. The zero-order valence-corrected chi connectivity index (χ0v) is 22.2.